The summed E-state index contributed by atoms with van der Waals surface area (Å²) in [4.78, 5) is 11.8. The van der Waals surface area contributed by atoms with Crippen molar-refractivity contribution in [2.75, 3.05) is 19.6 Å². The summed E-state index contributed by atoms with van der Waals surface area (Å²) >= 11 is 0. The zero-order valence-electron chi connectivity index (χ0n) is 12.6. The van der Waals surface area contributed by atoms with Crippen LogP contribution in [0.3, 0.4) is 0 Å². The Bertz CT molecular complexity index is 435. The van der Waals surface area contributed by atoms with Gasteiger partial charge in [-0.1, -0.05) is 0 Å². The van der Waals surface area contributed by atoms with E-state index >= 15 is 0 Å². The van der Waals surface area contributed by atoms with Crippen LogP contribution in [0.15, 0.2) is 6.07 Å². The number of rotatable bonds is 6. The van der Waals surface area contributed by atoms with Crippen LogP contribution in [0, 0.1) is 19.8 Å². The summed E-state index contributed by atoms with van der Waals surface area (Å²) < 4.78 is 2.01. The van der Waals surface area contributed by atoms with Gasteiger partial charge in [-0.05, 0) is 58.2 Å². The molecule has 0 saturated carbocycles. The summed E-state index contributed by atoms with van der Waals surface area (Å²) in [6.07, 6.45) is 3.86. The summed E-state index contributed by atoms with van der Waals surface area (Å²) in [5, 5.41) is 10.8. The summed E-state index contributed by atoms with van der Waals surface area (Å²) in [5.41, 5.74) is 2.24. The molecule has 0 radical (unpaired) electrons. The van der Waals surface area contributed by atoms with Gasteiger partial charge in [0.15, 0.2) is 0 Å². The monoisotopic (exact) mass is 278 g/mol. The first kappa shape index (κ1) is 15.0. The lowest BCUT2D eigenvalue weighted by Crippen LogP contribution is -2.32. The van der Waals surface area contributed by atoms with Gasteiger partial charge in [-0.3, -0.25) is 9.48 Å². The first-order chi connectivity index (χ1) is 9.65. The van der Waals surface area contributed by atoms with E-state index in [1.165, 1.54) is 5.69 Å². The van der Waals surface area contributed by atoms with Gasteiger partial charge in [-0.15, -0.1) is 0 Å². The van der Waals surface area contributed by atoms with E-state index in [2.05, 4.69) is 28.7 Å². The molecule has 0 bridgehead atoms. The Kier molecular flexibility index (Phi) is 5.59. The lowest BCUT2D eigenvalue weighted by Gasteiger charge is -2.21. The molecule has 1 aromatic rings. The highest BCUT2D eigenvalue weighted by atomic mass is 16.1. The van der Waals surface area contributed by atoms with Crippen molar-refractivity contribution in [3.05, 3.63) is 17.5 Å². The highest BCUT2D eigenvalue weighted by Gasteiger charge is 2.16. The van der Waals surface area contributed by atoms with E-state index in [-0.39, 0.29) is 5.91 Å². The quantitative estimate of drug-likeness (QED) is 0.773. The molecule has 1 fully saturated rings. The van der Waals surface area contributed by atoms with Gasteiger partial charge in [-0.25, -0.2) is 0 Å². The molecule has 2 rings (SSSR count). The number of amides is 1. The Balaban J connectivity index is 1.60. The average molecular weight is 278 g/mol. The van der Waals surface area contributed by atoms with Crippen LogP contribution in [0.5, 0.6) is 0 Å². The van der Waals surface area contributed by atoms with Gasteiger partial charge in [0.05, 0.1) is 5.69 Å². The fourth-order valence-electron chi connectivity index (χ4n) is 2.78. The van der Waals surface area contributed by atoms with E-state index in [0.29, 0.717) is 12.3 Å². The van der Waals surface area contributed by atoms with Gasteiger partial charge in [0.25, 0.3) is 0 Å². The molecule has 1 aliphatic rings. The molecule has 1 saturated heterocycles. The number of piperidine rings is 1. The average Bonchev–Trinajstić information content (AvgIpc) is 2.74. The second kappa shape index (κ2) is 7.43. The van der Waals surface area contributed by atoms with Crippen molar-refractivity contribution in [1.29, 1.82) is 0 Å². The first-order valence-electron chi connectivity index (χ1n) is 7.63. The van der Waals surface area contributed by atoms with Crippen molar-refractivity contribution in [3.8, 4) is 0 Å². The first-order valence-corrected chi connectivity index (χ1v) is 7.63. The molecule has 112 valence electrons. The van der Waals surface area contributed by atoms with E-state index in [1.807, 2.05) is 11.6 Å². The van der Waals surface area contributed by atoms with Gasteiger partial charge in [0.1, 0.15) is 0 Å². The van der Waals surface area contributed by atoms with Crippen LogP contribution in [0.4, 0.5) is 0 Å². The molecular formula is C15H26N4O. The topological polar surface area (TPSA) is 59.0 Å². The van der Waals surface area contributed by atoms with Crippen molar-refractivity contribution >= 4 is 5.91 Å². The van der Waals surface area contributed by atoms with Crippen LogP contribution >= 0.6 is 0 Å². The Morgan fingerprint density at radius 1 is 1.45 bits per heavy atom. The third-order valence-electron chi connectivity index (χ3n) is 3.91. The number of nitrogens with zero attached hydrogens (tertiary/aromatic N) is 2. The molecule has 0 unspecified atom stereocenters. The molecule has 1 aromatic heterocycles. The van der Waals surface area contributed by atoms with Gasteiger partial charge in [0.2, 0.25) is 5.91 Å². The number of carbonyl (C=O) groups excluding carboxylic acids is 1. The van der Waals surface area contributed by atoms with E-state index < -0.39 is 0 Å². The number of aromatic nitrogens is 2. The van der Waals surface area contributed by atoms with Gasteiger partial charge in [-0.2, -0.15) is 5.10 Å². The fourth-order valence-corrected chi connectivity index (χ4v) is 2.78. The van der Waals surface area contributed by atoms with E-state index in [4.69, 9.17) is 0 Å². The molecule has 0 spiro atoms. The molecule has 2 N–H and O–H groups in total. The number of carbonyl (C=O) groups is 1. The van der Waals surface area contributed by atoms with E-state index in [9.17, 15) is 4.79 Å². The molecule has 2 heterocycles. The van der Waals surface area contributed by atoms with Crippen LogP contribution in [-0.4, -0.2) is 35.3 Å². The molecule has 0 aromatic carbocycles. The molecule has 5 nitrogen and oxygen atoms in total. The Hall–Kier alpha value is -1.36. The number of hydrogen-bond donors (Lipinski definition) is 2. The zero-order chi connectivity index (χ0) is 14.4. The molecule has 1 amide bonds. The lowest BCUT2D eigenvalue weighted by atomic mass is 9.94. The van der Waals surface area contributed by atoms with Crippen LogP contribution in [0.1, 0.15) is 37.1 Å². The summed E-state index contributed by atoms with van der Waals surface area (Å²) in [6.45, 7) is 7.78. The maximum atomic E-state index is 11.8. The van der Waals surface area contributed by atoms with Crippen LogP contribution in [0.2, 0.25) is 0 Å². The Morgan fingerprint density at radius 2 is 2.20 bits per heavy atom. The van der Waals surface area contributed by atoms with Crippen LogP contribution in [-0.2, 0) is 11.3 Å². The number of aryl methyl sites for hydroxylation is 3. The molecule has 20 heavy (non-hydrogen) atoms. The normalized spacial score (nSPS) is 16.3. The molecule has 0 aliphatic carbocycles. The second-order valence-corrected chi connectivity index (χ2v) is 5.75. The molecule has 5 heteroatoms. The molecule has 1 aliphatic heterocycles. The van der Waals surface area contributed by atoms with Crippen molar-refractivity contribution in [2.45, 2.75) is 46.1 Å². The number of hydrogen-bond acceptors (Lipinski definition) is 3. The number of nitrogens with one attached hydrogen (secondary N) is 2. The predicted octanol–water partition coefficient (Wildman–Crippen LogP) is 1.40. The summed E-state index contributed by atoms with van der Waals surface area (Å²) in [5.74, 6) is 0.762. The maximum absolute atomic E-state index is 11.8. The highest BCUT2D eigenvalue weighted by molar-refractivity contribution is 5.76. The van der Waals surface area contributed by atoms with Gasteiger partial charge < -0.3 is 10.6 Å². The standard InChI is InChI=1S/C15H26N4O/c1-12-10-13(2)19(18-12)9-3-6-17-15(20)11-14-4-7-16-8-5-14/h10,14,16H,3-9,11H2,1-2H3,(H,17,20). The zero-order valence-corrected chi connectivity index (χ0v) is 12.6. The minimum Gasteiger partial charge on any atom is -0.356 e. The largest absolute Gasteiger partial charge is 0.356 e. The molecular weight excluding hydrogens is 252 g/mol. The summed E-state index contributed by atoms with van der Waals surface area (Å²) in [7, 11) is 0. The molecule has 0 atom stereocenters. The highest BCUT2D eigenvalue weighted by Crippen LogP contribution is 2.15. The third kappa shape index (κ3) is 4.63. The maximum Gasteiger partial charge on any atom is 0.220 e. The third-order valence-corrected chi connectivity index (χ3v) is 3.91. The van der Waals surface area contributed by atoms with Crippen molar-refractivity contribution in [3.63, 3.8) is 0 Å². The predicted molar refractivity (Wildman–Crippen MR) is 79.5 cm³/mol. The van der Waals surface area contributed by atoms with Crippen molar-refractivity contribution in [1.82, 2.24) is 20.4 Å². The van der Waals surface area contributed by atoms with Crippen molar-refractivity contribution < 1.29 is 4.79 Å². The smallest absolute Gasteiger partial charge is 0.220 e. The second-order valence-electron chi connectivity index (χ2n) is 5.75. The van der Waals surface area contributed by atoms with Gasteiger partial charge in [0, 0.05) is 25.2 Å². The van der Waals surface area contributed by atoms with Crippen LogP contribution in [0.25, 0.3) is 0 Å². The minimum absolute atomic E-state index is 0.199. The van der Waals surface area contributed by atoms with Crippen molar-refractivity contribution in [2.24, 2.45) is 5.92 Å². The fraction of sp³-hybridized carbons (Fsp3) is 0.733. The Labute approximate surface area is 121 Å². The lowest BCUT2D eigenvalue weighted by molar-refractivity contribution is -0.122. The Morgan fingerprint density at radius 3 is 2.85 bits per heavy atom. The van der Waals surface area contributed by atoms with Gasteiger partial charge >= 0.3 is 0 Å². The van der Waals surface area contributed by atoms with E-state index in [0.717, 1.165) is 51.1 Å². The van der Waals surface area contributed by atoms with E-state index in [1.54, 1.807) is 0 Å². The summed E-state index contributed by atoms with van der Waals surface area (Å²) in [6, 6.07) is 2.08. The SMILES string of the molecule is Cc1cc(C)n(CCCNC(=O)CC2CCNCC2)n1. The minimum atomic E-state index is 0.199. The van der Waals surface area contributed by atoms with Crippen LogP contribution < -0.4 is 10.6 Å².